The van der Waals surface area contributed by atoms with Crippen LogP contribution in [-0.2, 0) is 0 Å². The zero-order valence-corrected chi connectivity index (χ0v) is 9.13. The summed E-state index contributed by atoms with van der Waals surface area (Å²) in [5, 5.41) is 0. The molecule has 0 aromatic rings. The van der Waals surface area contributed by atoms with Crippen molar-refractivity contribution in [3.05, 3.63) is 0 Å². The van der Waals surface area contributed by atoms with Gasteiger partial charge in [0.25, 0.3) is 0 Å². The van der Waals surface area contributed by atoms with Crippen molar-refractivity contribution in [2.24, 2.45) is 11.7 Å². The second-order valence-corrected chi connectivity index (χ2v) is 4.51. The van der Waals surface area contributed by atoms with E-state index in [1.165, 1.54) is 38.8 Å². The highest BCUT2D eigenvalue weighted by atomic mass is 15.1. The van der Waals surface area contributed by atoms with Gasteiger partial charge >= 0.3 is 0 Å². The van der Waals surface area contributed by atoms with E-state index in [9.17, 15) is 0 Å². The van der Waals surface area contributed by atoms with Crippen LogP contribution < -0.4 is 5.73 Å². The van der Waals surface area contributed by atoms with E-state index in [4.69, 9.17) is 5.73 Å². The Bertz CT molecular complexity index is 126. The Hall–Kier alpha value is -0.0800. The Morgan fingerprint density at radius 2 is 2.00 bits per heavy atom. The maximum absolute atomic E-state index is 5.77. The van der Waals surface area contributed by atoms with Crippen LogP contribution in [-0.4, -0.2) is 30.6 Å². The van der Waals surface area contributed by atoms with Gasteiger partial charge in [-0.25, -0.2) is 0 Å². The van der Waals surface area contributed by atoms with Gasteiger partial charge in [0.15, 0.2) is 0 Å². The minimum absolute atomic E-state index is 0.336. The summed E-state index contributed by atoms with van der Waals surface area (Å²) in [6.45, 7) is 8.00. The number of piperidine rings is 1. The van der Waals surface area contributed by atoms with Gasteiger partial charge in [0.1, 0.15) is 0 Å². The summed E-state index contributed by atoms with van der Waals surface area (Å²) >= 11 is 0. The molecular weight excluding hydrogens is 160 g/mol. The molecule has 2 heteroatoms. The minimum atomic E-state index is 0.336. The van der Waals surface area contributed by atoms with Crippen LogP contribution in [0.25, 0.3) is 0 Å². The average molecular weight is 184 g/mol. The molecule has 0 bridgehead atoms. The van der Waals surface area contributed by atoms with Crippen LogP contribution in [0.2, 0.25) is 0 Å². The Balaban J connectivity index is 2.15. The molecule has 1 heterocycles. The van der Waals surface area contributed by atoms with Crippen molar-refractivity contribution in [1.29, 1.82) is 0 Å². The van der Waals surface area contributed by atoms with Crippen molar-refractivity contribution < 1.29 is 0 Å². The standard InChI is InChI=1S/C11H24N2/c1-3-4-11-5-7-13(8-6-11)9-10(2)12/h10-11H,3-9,12H2,1-2H3. The zero-order valence-electron chi connectivity index (χ0n) is 9.13. The Kier molecular flexibility index (Phi) is 4.74. The topological polar surface area (TPSA) is 29.3 Å². The molecule has 1 unspecified atom stereocenters. The highest BCUT2D eigenvalue weighted by Gasteiger charge is 2.18. The molecule has 1 fully saturated rings. The third-order valence-electron chi connectivity index (χ3n) is 2.95. The highest BCUT2D eigenvalue weighted by molar-refractivity contribution is 4.73. The molecule has 0 aliphatic carbocycles. The van der Waals surface area contributed by atoms with Gasteiger partial charge in [-0.3, -0.25) is 0 Å². The lowest BCUT2D eigenvalue weighted by Crippen LogP contribution is -2.40. The molecule has 0 radical (unpaired) electrons. The minimum Gasteiger partial charge on any atom is -0.327 e. The molecule has 1 aliphatic heterocycles. The quantitative estimate of drug-likeness (QED) is 0.722. The fourth-order valence-electron chi connectivity index (χ4n) is 2.27. The normalized spacial score (nSPS) is 23.3. The van der Waals surface area contributed by atoms with E-state index in [2.05, 4.69) is 18.7 Å². The second-order valence-electron chi connectivity index (χ2n) is 4.51. The summed E-state index contributed by atoms with van der Waals surface area (Å²) in [6, 6.07) is 0.336. The van der Waals surface area contributed by atoms with Crippen molar-refractivity contribution in [2.45, 2.75) is 45.6 Å². The van der Waals surface area contributed by atoms with Crippen molar-refractivity contribution >= 4 is 0 Å². The van der Waals surface area contributed by atoms with Gasteiger partial charge in [0.05, 0.1) is 0 Å². The van der Waals surface area contributed by atoms with Gasteiger partial charge < -0.3 is 10.6 Å². The largest absolute Gasteiger partial charge is 0.327 e. The molecule has 0 amide bonds. The monoisotopic (exact) mass is 184 g/mol. The van der Waals surface area contributed by atoms with E-state index in [0.717, 1.165) is 12.5 Å². The summed E-state index contributed by atoms with van der Waals surface area (Å²) in [6.07, 6.45) is 5.55. The third-order valence-corrected chi connectivity index (χ3v) is 2.95. The molecule has 1 aliphatic rings. The van der Waals surface area contributed by atoms with E-state index in [0.29, 0.717) is 6.04 Å². The lowest BCUT2D eigenvalue weighted by atomic mass is 9.92. The van der Waals surface area contributed by atoms with Crippen LogP contribution >= 0.6 is 0 Å². The zero-order chi connectivity index (χ0) is 9.68. The summed E-state index contributed by atoms with van der Waals surface area (Å²) < 4.78 is 0. The van der Waals surface area contributed by atoms with Crippen LogP contribution in [0.15, 0.2) is 0 Å². The molecule has 13 heavy (non-hydrogen) atoms. The predicted molar refractivity (Wildman–Crippen MR) is 57.7 cm³/mol. The number of likely N-dealkylation sites (tertiary alicyclic amines) is 1. The van der Waals surface area contributed by atoms with Crippen molar-refractivity contribution in [1.82, 2.24) is 4.90 Å². The van der Waals surface area contributed by atoms with Gasteiger partial charge in [-0.2, -0.15) is 0 Å². The lowest BCUT2D eigenvalue weighted by Gasteiger charge is -2.32. The number of rotatable bonds is 4. The van der Waals surface area contributed by atoms with Crippen molar-refractivity contribution in [3.63, 3.8) is 0 Å². The molecular formula is C11H24N2. The molecule has 2 nitrogen and oxygen atoms in total. The number of hydrogen-bond donors (Lipinski definition) is 1. The van der Waals surface area contributed by atoms with E-state index in [-0.39, 0.29) is 0 Å². The van der Waals surface area contributed by atoms with Crippen molar-refractivity contribution in [2.75, 3.05) is 19.6 Å². The lowest BCUT2D eigenvalue weighted by molar-refractivity contribution is 0.172. The molecule has 1 rings (SSSR count). The molecule has 1 saturated heterocycles. The third kappa shape index (κ3) is 4.10. The molecule has 0 spiro atoms. The highest BCUT2D eigenvalue weighted by Crippen LogP contribution is 2.21. The van der Waals surface area contributed by atoms with E-state index in [1.54, 1.807) is 0 Å². The maximum Gasteiger partial charge on any atom is 0.0139 e. The number of nitrogens with zero attached hydrogens (tertiary/aromatic N) is 1. The van der Waals surface area contributed by atoms with E-state index >= 15 is 0 Å². The van der Waals surface area contributed by atoms with Gasteiger partial charge in [-0.15, -0.1) is 0 Å². The van der Waals surface area contributed by atoms with E-state index < -0.39 is 0 Å². The van der Waals surface area contributed by atoms with Crippen LogP contribution in [0.5, 0.6) is 0 Å². The van der Waals surface area contributed by atoms with Crippen LogP contribution in [0.4, 0.5) is 0 Å². The molecule has 78 valence electrons. The fourth-order valence-corrected chi connectivity index (χ4v) is 2.27. The van der Waals surface area contributed by atoms with Crippen LogP contribution in [0, 0.1) is 5.92 Å². The molecule has 0 aromatic carbocycles. The molecule has 0 saturated carbocycles. The maximum atomic E-state index is 5.77. The van der Waals surface area contributed by atoms with Gasteiger partial charge in [-0.1, -0.05) is 19.8 Å². The molecule has 1 atom stereocenters. The van der Waals surface area contributed by atoms with Crippen molar-refractivity contribution in [3.8, 4) is 0 Å². The van der Waals surface area contributed by atoms with Gasteiger partial charge in [0.2, 0.25) is 0 Å². The summed E-state index contributed by atoms with van der Waals surface area (Å²) in [7, 11) is 0. The summed E-state index contributed by atoms with van der Waals surface area (Å²) in [5.74, 6) is 0.995. The van der Waals surface area contributed by atoms with Gasteiger partial charge in [0, 0.05) is 12.6 Å². The smallest absolute Gasteiger partial charge is 0.0139 e. The predicted octanol–water partition coefficient (Wildman–Crippen LogP) is 1.85. The Morgan fingerprint density at radius 1 is 1.38 bits per heavy atom. The Morgan fingerprint density at radius 3 is 2.46 bits per heavy atom. The first-order valence-corrected chi connectivity index (χ1v) is 5.70. The van der Waals surface area contributed by atoms with Crippen LogP contribution in [0.1, 0.15) is 39.5 Å². The number of nitrogens with two attached hydrogens (primary N) is 1. The van der Waals surface area contributed by atoms with Gasteiger partial charge in [-0.05, 0) is 38.8 Å². The Labute approximate surface area is 82.5 Å². The van der Waals surface area contributed by atoms with E-state index in [1.807, 2.05) is 0 Å². The molecule has 2 N–H and O–H groups in total. The first kappa shape index (κ1) is 11.0. The first-order valence-electron chi connectivity index (χ1n) is 5.70. The summed E-state index contributed by atoms with van der Waals surface area (Å²) in [4.78, 5) is 2.51. The molecule has 0 aromatic heterocycles. The SMILES string of the molecule is CCCC1CCN(CC(C)N)CC1. The number of hydrogen-bond acceptors (Lipinski definition) is 2. The van der Waals surface area contributed by atoms with Crippen LogP contribution in [0.3, 0.4) is 0 Å². The average Bonchev–Trinajstić information content (AvgIpc) is 2.08. The summed E-state index contributed by atoms with van der Waals surface area (Å²) in [5.41, 5.74) is 5.77. The fraction of sp³-hybridized carbons (Fsp3) is 1.00. The first-order chi connectivity index (χ1) is 6.22. The second kappa shape index (κ2) is 5.61.